The Bertz CT molecular complexity index is 789. The fraction of sp³-hybridized carbons (Fsp3) is 0.500. The smallest absolute Gasteiger partial charge is 0.306 e. The third-order valence-corrected chi connectivity index (χ3v) is 4.14. The van der Waals surface area contributed by atoms with Gasteiger partial charge in [-0.05, 0) is 33.3 Å². The van der Waals surface area contributed by atoms with Gasteiger partial charge in [0.05, 0.1) is 18.7 Å². The lowest BCUT2D eigenvalue weighted by molar-refractivity contribution is -0.155. The van der Waals surface area contributed by atoms with Crippen molar-refractivity contribution in [1.29, 1.82) is 0 Å². The molecule has 0 spiro atoms. The van der Waals surface area contributed by atoms with Gasteiger partial charge in [0.15, 0.2) is 0 Å². The molecule has 1 aliphatic rings. The molecule has 2 amide bonds. The third kappa shape index (κ3) is 4.41. The second-order valence-corrected chi connectivity index (χ2v) is 7.31. The van der Waals surface area contributed by atoms with Crippen molar-refractivity contribution in [3.63, 3.8) is 0 Å². The number of nitrogens with two attached hydrogens (primary N) is 1. The quantitative estimate of drug-likeness (QED) is 0.720. The van der Waals surface area contributed by atoms with Crippen LogP contribution >= 0.6 is 0 Å². The summed E-state index contributed by atoms with van der Waals surface area (Å²) < 4.78 is 33.4. The highest BCUT2D eigenvalue weighted by atomic mass is 19.1. The van der Waals surface area contributed by atoms with Crippen LogP contribution in [0.2, 0.25) is 0 Å². The minimum absolute atomic E-state index is 0.110. The Labute approximate surface area is 155 Å². The number of primary amides is 1. The number of halogens is 2. The molecular weight excluding hydrogens is 362 g/mol. The zero-order chi connectivity index (χ0) is 20.5. The van der Waals surface area contributed by atoms with Gasteiger partial charge in [0.1, 0.15) is 23.3 Å². The molecule has 27 heavy (non-hydrogen) atoms. The summed E-state index contributed by atoms with van der Waals surface area (Å²) in [5, 5.41) is 9.09. The van der Waals surface area contributed by atoms with Crippen molar-refractivity contribution in [3.8, 4) is 0 Å². The van der Waals surface area contributed by atoms with Gasteiger partial charge < -0.3 is 20.5 Å². The van der Waals surface area contributed by atoms with Gasteiger partial charge in [-0.3, -0.25) is 14.4 Å². The maximum absolute atomic E-state index is 14.4. The molecule has 1 aromatic carbocycles. The van der Waals surface area contributed by atoms with Crippen molar-refractivity contribution in [2.75, 3.05) is 0 Å². The number of fused-ring (bicyclic) bond motifs is 1. The maximum Gasteiger partial charge on any atom is 0.306 e. The van der Waals surface area contributed by atoms with Gasteiger partial charge >= 0.3 is 5.97 Å². The van der Waals surface area contributed by atoms with Crippen LogP contribution in [0.1, 0.15) is 55.1 Å². The van der Waals surface area contributed by atoms with E-state index in [-0.39, 0.29) is 30.5 Å². The van der Waals surface area contributed by atoms with E-state index in [9.17, 15) is 23.2 Å². The number of benzene rings is 1. The molecule has 0 saturated carbocycles. The van der Waals surface area contributed by atoms with Crippen molar-refractivity contribution in [2.24, 2.45) is 5.73 Å². The van der Waals surface area contributed by atoms with Crippen LogP contribution in [0.4, 0.5) is 8.78 Å². The molecule has 1 unspecified atom stereocenters. The molecule has 0 bridgehead atoms. The number of hydrogen-bond donors (Lipinski definition) is 2. The molecular formula is C18H22F2N2O5. The molecule has 2 rings (SSSR count). The van der Waals surface area contributed by atoms with E-state index < -0.39 is 53.2 Å². The SMILES string of the molecule is CC(C)(C)OC(=O)CCC(C(N)=O)N1Cc2c(cc(F)c(CO)c2F)C1=O. The van der Waals surface area contributed by atoms with Gasteiger partial charge in [0.2, 0.25) is 5.91 Å². The van der Waals surface area contributed by atoms with Crippen LogP contribution in [0, 0.1) is 11.6 Å². The summed E-state index contributed by atoms with van der Waals surface area (Å²) in [6.45, 7) is 3.89. The van der Waals surface area contributed by atoms with Crippen LogP contribution in [0.3, 0.4) is 0 Å². The lowest BCUT2D eigenvalue weighted by Gasteiger charge is -2.25. The Morgan fingerprint density at radius 3 is 2.52 bits per heavy atom. The largest absolute Gasteiger partial charge is 0.460 e. The van der Waals surface area contributed by atoms with Crippen LogP contribution in [0.15, 0.2) is 6.07 Å². The fourth-order valence-electron chi connectivity index (χ4n) is 2.94. The first-order valence-electron chi connectivity index (χ1n) is 8.39. The summed E-state index contributed by atoms with van der Waals surface area (Å²) in [4.78, 5) is 37.2. The van der Waals surface area contributed by atoms with Crippen LogP contribution < -0.4 is 5.73 Å². The van der Waals surface area contributed by atoms with Gasteiger partial charge in [-0.1, -0.05) is 0 Å². The monoisotopic (exact) mass is 384 g/mol. The highest BCUT2D eigenvalue weighted by molar-refractivity contribution is 6.01. The highest BCUT2D eigenvalue weighted by Gasteiger charge is 2.38. The summed E-state index contributed by atoms with van der Waals surface area (Å²) >= 11 is 0. The minimum atomic E-state index is -1.18. The average Bonchev–Trinajstić information content (AvgIpc) is 2.83. The molecule has 1 atom stereocenters. The van der Waals surface area contributed by atoms with Crippen molar-refractivity contribution in [1.82, 2.24) is 4.90 Å². The van der Waals surface area contributed by atoms with E-state index in [0.717, 1.165) is 11.0 Å². The zero-order valence-corrected chi connectivity index (χ0v) is 15.3. The predicted molar refractivity (Wildman–Crippen MR) is 90.2 cm³/mol. The third-order valence-electron chi connectivity index (χ3n) is 4.14. The Morgan fingerprint density at radius 1 is 1.37 bits per heavy atom. The first-order valence-corrected chi connectivity index (χ1v) is 8.39. The van der Waals surface area contributed by atoms with Crippen LogP contribution in [-0.4, -0.2) is 39.4 Å². The van der Waals surface area contributed by atoms with E-state index in [1.807, 2.05) is 0 Å². The number of ether oxygens (including phenoxy) is 1. The van der Waals surface area contributed by atoms with Crippen molar-refractivity contribution in [2.45, 2.75) is 58.4 Å². The van der Waals surface area contributed by atoms with Crippen molar-refractivity contribution >= 4 is 17.8 Å². The molecule has 1 aromatic rings. The molecule has 7 nitrogen and oxygen atoms in total. The lowest BCUT2D eigenvalue weighted by atomic mass is 10.0. The maximum atomic E-state index is 14.4. The van der Waals surface area contributed by atoms with Crippen LogP contribution in [0.5, 0.6) is 0 Å². The van der Waals surface area contributed by atoms with E-state index in [4.69, 9.17) is 15.6 Å². The van der Waals surface area contributed by atoms with Crippen molar-refractivity contribution < 1.29 is 33.0 Å². The molecule has 0 radical (unpaired) electrons. The molecule has 1 aliphatic heterocycles. The number of carbonyl (C=O) groups is 3. The Hall–Kier alpha value is -2.55. The van der Waals surface area contributed by atoms with Crippen LogP contribution in [0.25, 0.3) is 0 Å². The average molecular weight is 384 g/mol. The number of esters is 1. The predicted octanol–water partition coefficient (Wildman–Crippen LogP) is 1.39. The topological polar surface area (TPSA) is 110 Å². The van der Waals surface area contributed by atoms with Crippen LogP contribution in [-0.2, 0) is 27.5 Å². The summed E-state index contributed by atoms with van der Waals surface area (Å²) in [6.07, 6.45) is -0.287. The number of carbonyl (C=O) groups excluding carboxylic acids is 3. The number of aliphatic hydroxyl groups is 1. The molecule has 0 fully saturated rings. The number of nitrogens with zero attached hydrogens (tertiary/aromatic N) is 1. The first-order chi connectivity index (χ1) is 12.5. The highest BCUT2D eigenvalue weighted by Crippen LogP contribution is 2.31. The number of hydrogen-bond acceptors (Lipinski definition) is 5. The Balaban J connectivity index is 2.22. The summed E-state index contributed by atoms with van der Waals surface area (Å²) in [7, 11) is 0. The van der Waals surface area contributed by atoms with E-state index in [1.54, 1.807) is 20.8 Å². The molecule has 1 heterocycles. The number of amides is 2. The van der Waals surface area contributed by atoms with Gasteiger partial charge in [-0.2, -0.15) is 0 Å². The fourth-order valence-corrected chi connectivity index (χ4v) is 2.94. The molecule has 0 aliphatic carbocycles. The normalized spacial score (nSPS) is 14.9. The molecule has 148 valence electrons. The number of rotatable bonds is 6. The van der Waals surface area contributed by atoms with Crippen molar-refractivity contribution in [3.05, 3.63) is 34.4 Å². The zero-order valence-electron chi connectivity index (χ0n) is 15.3. The van der Waals surface area contributed by atoms with E-state index in [2.05, 4.69) is 0 Å². The Kier molecular flexibility index (Phi) is 5.84. The molecule has 9 heteroatoms. The second-order valence-electron chi connectivity index (χ2n) is 7.31. The van der Waals surface area contributed by atoms with E-state index in [0.29, 0.717) is 0 Å². The number of aliphatic hydroxyl groups excluding tert-OH is 1. The molecule has 0 aromatic heterocycles. The summed E-state index contributed by atoms with van der Waals surface area (Å²) in [6, 6.07) is -0.351. The van der Waals surface area contributed by atoms with Gasteiger partial charge in [-0.25, -0.2) is 8.78 Å². The summed E-state index contributed by atoms with van der Waals surface area (Å²) in [5.41, 5.74) is 3.75. The molecule has 0 saturated heterocycles. The lowest BCUT2D eigenvalue weighted by Crippen LogP contribution is -2.45. The Morgan fingerprint density at radius 2 is 2.00 bits per heavy atom. The second kappa shape index (κ2) is 7.59. The van der Waals surface area contributed by atoms with E-state index >= 15 is 0 Å². The first kappa shape index (κ1) is 20.8. The summed E-state index contributed by atoms with van der Waals surface area (Å²) in [5.74, 6) is -4.28. The van der Waals surface area contributed by atoms with E-state index in [1.165, 1.54) is 0 Å². The van der Waals surface area contributed by atoms with Gasteiger partial charge in [-0.15, -0.1) is 0 Å². The molecule has 3 N–H and O–H groups in total. The standard InChI is InChI=1S/C18H22F2N2O5/c1-18(2,3)27-14(24)5-4-13(16(21)25)22-7-10-9(17(22)26)6-12(19)11(8-23)15(10)20/h6,13,23H,4-5,7-8H2,1-3H3,(H2,21,25). The van der Waals surface area contributed by atoms with Gasteiger partial charge in [0.25, 0.3) is 5.91 Å². The minimum Gasteiger partial charge on any atom is -0.460 e. The van der Waals surface area contributed by atoms with Gasteiger partial charge in [0, 0.05) is 17.5 Å².